The molecule has 0 unspecified atom stereocenters. The minimum Gasteiger partial charge on any atom is -0.865 e. The van der Waals surface area contributed by atoms with Gasteiger partial charge < -0.3 is 29.7 Å². The zero-order valence-corrected chi connectivity index (χ0v) is 10.3. The molecule has 0 saturated carbocycles. The first-order valence-electron chi connectivity index (χ1n) is 3.86. The maximum Gasteiger partial charge on any atom is 2.00 e. The summed E-state index contributed by atoms with van der Waals surface area (Å²) in [6.45, 7) is -0.699. The molecule has 0 fully saturated rings. The van der Waals surface area contributed by atoms with Crippen LogP contribution < -0.4 is 5.11 Å². The molecule has 106 valence electrons. The van der Waals surface area contributed by atoms with Gasteiger partial charge in [0.1, 0.15) is 11.9 Å². The van der Waals surface area contributed by atoms with Gasteiger partial charge in [0, 0.05) is 5.76 Å². The summed E-state index contributed by atoms with van der Waals surface area (Å²) >= 11 is 0. The summed E-state index contributed by atoms with van der Waals surface area (Å²) in [6.07, 6.45) is -2.88. The molecule has 0 saturated heterocycles. The number of carbonyl (C=O) groups excluding carboxylic acids is 1. The van der Waals surface area contributed by atoms with Crippen LogP contribution in [0.15, 0.2) is 11.5 Å². The van der Waals surface area contributed by atoms with Gasteiger partial charge in [-0.2, -0.15) is 0 Å². The third-order valence-electron chi connectivity index (χ3n) is 1.46. The zero-order chi connectivity index (χ0) is 13.8. The number of hydrogen-bond donors (Lipinski definition) is 4. The number of esters is 1. The fourth-order valence-electron chi connectivity index (χ4n) is 0.815. The van der Waals surface area contributed by atoms with Crippen molar-refractivity contribution >= 4 is 16.4 Å². The third kappa shape index (κ3) is 6.76. The van der Waals surface area contributed by atoms with Gasteiger partial charge in [-0.15, -0.1) is 0 Å². The van der Waals surface area contributed by atoms with Gasteiger partial charge in [0.05, 0.1) is 6.61 Å². The first kappa shape index (κ1) is 19.5. The van der Waals surface area contributed by atoms with Crippen LogP contribution in [0.1, 0.15) is 0 Å². The number of aliphatic hydroxyl groups is 3. The van der Waals surface area contributed by atoms with Crippen molar-refractivity contribution in [1.29, 1.82) is 0 Å². The second kappa shape index (κ2) is 7.53. The Kier molecular flexibility index (Phi) is 8.14. The van der Waals surface area contributed by atoms with Crippen LogP contribution in [-0.4, -0.2) is 57.6 Å². The van der Waals surface area contributed by atoms with E-state index >= 15 is 0 Å². The van der Waals surface area contributed by atoms with Gasteiger partial charge in [-0.25, -0.2) is 13.2 Å². The second-order valence-corrected chi connectivity index (χ2v) is 3.57. The average molecular weight is 328 g/mol. The normalized spacial score (nSPS) is 20.4. The summed E-state index contributed by atoms with van der Waals surface area (Å²) in [6, 6.07) is 0. The maximum absolute atomic E-state index is 10.6. The van der Waals surface area contributed by atoms with Crippen molar-refractivity contribution in [3.05, 3.63) is 11.5 Å². The minimum atomic E-state index is -4.92. The van der Waals surface area contributed by atoms with Gasteiger partial charge in [-0.1, -0.05) is 0 Å². The fraction of sp³-hybridized carbons (Fsp3) is 0.500. The summed E-state index contributed by atoms with van der Waals surface area (Å²) in [5.41, 5.74) is 0. The first-order chi connectivity index (χ1) is 7.57. The van der Waals surface area contributed by atoms with E-state index in [1.807, 2.05) is 0 Å². The standard InChI is InChI=1S/C6H8O6.Fe.H2O4S/c7-1-2(8)5-3(9)4(10)6(11)12-5;;1-5(2,3)4/h2,5,7-10H,1H2;;(H2,1,2,3,4)/q;+2;/p-2/t2-,5+;;/m0../s1. The first-order valence-corrected chi connectivity index (χ1v) is 5.22. The molecule has 1 heterocycles. The molecule has 0 amide bonds. The molecule has 12 heteroatoms. The zero-order valence-electron chi connectivity index (χ0n) is 8.36. The van der Waals surface area contributed by atoms with E-state index in [1.165, 1.54) is 0 Å². The van der Waals surface area contributed by atoms with Crippen LogP contribution in [-0.2, 0) is 37.0 Å². The van der Waals surface area contributed by atoms with Crippen molar-refractivity contribution in [2.75, 3.05) is 6.61 Å². The predicted molar refractivity (Wildman–Crippen MR) is 45.0 cm³/mol. The molecular formula is C6H8FeO10S. The molecule has 0 spiro atoms. The Balaban J connectivity index is 0. The van der Waals surface area contributed by atoms with Gasteiger partial charge in [-0.3, -0.25) is 4.55 Å². The fourth-order valence-corrected chi connectivity index (χ4v) is 0.815. The Bertz CT molecular complexity index is 406. The number of aliphatic hydroxyl groups excluding tert-OH is 3. The molecular weight excluding hydrogens is 320 g/mol. The van der Waals surface area contributed by atoms with Crippen LogP contribution in [0.25, 0.3) is 0 Å². The molecule has 1 rings (SSSR count). The maximum atomic E-state index is 10.6. The van der Waals surface area contributed by atoms with Crippen molar-refractivity contribution in [2.45, 2.75) is 12.2 Å². The molecule has 0 aliphatic carbocycles. The minimum absolute atomic E-state index is 0. The van der Waals surface area contributed by atoms with Gasteiger partial charge in [0.25, 0.3) is 0 Å². The molecule has 0 radical (unpaired) electrons. The van der Waals surface area contributed by atoms with Crippen LogP contribution in [0.5, 0.6) is 0 Å². The Labute approximate surface area is 112 Å². The summed E-state index contributed by atoms with van der Waals surface area (Å²) < 4.78 is 37.1. The molecule has 0 aromatic carbocycles. The van der Waals surface area contributed by atoms with Crippen LogP contribution >= 0.6 is 0 Å². The third-order valence-corrected chi connectivity index (χ3v) is 1.46. The predicted octanol–water partition coefficient (Wildman–Crippen LogP) is -3.60. The smallest absolute Gasteiger partial charge is 0.865 e. The monoisotopic (exact) mass is 328 g/mol. The molecule has 2 atom stereocenters. The van der Waals surface area contributed by atoms with E-state index in [2.05, 4.69) is 4.74 Å². The summed E-state index contributed by atoms with van der Waals surface area (Å²) in [4.78, 5) is 10.5. The molecule has 0 aromatic heterocycles. The number of rotatable bonds is 2. The van der Waals surface area contributed by atoms with E-state index in [0.29, 0.717) is 0 Å². The molecule has 10 nitrogen and oxygen atoms in total. The molecule has 1 aliphatic rings. The molecule has 4 N–H and O–H groups in total. The van der Waals surface area contributed by atoms with Crippen molar-refractivity contribution in [2.24, 2.45) is 0 Å². The Morgan fingerprint density at radius 2 is 1.83 bits per heavy atom. The van der Waals surface area contributed by atoms with Crippen LogP contribution in [0, 0.1) is 0 Å². The van der Waals surface area contributed by atoms with Gasteiger partial charge in [0.15, 0.2) is 6.10 Å². The number of cyclic esters (lactones) is 1. The summed E-state index contributed by atoms with van der Waals surface area (Å²) in [5.74, 6) is -3.25. The van der Waals surface area contributed by atoms with E-state index in [4.69, 9.17) is 32.8 Å². The van der Waals surface area contributed by atoms with Gasteiger partial charge in [0.2, 0.25) is 10.4 Å². The summed E-state index contributed by atoms with van der Waals surface area (Å²) in [5, 5.41) is 36.8. The summed E-state index contributed by atoms with van der Waals surface area (Å²) in [7, 11) is -4.92. The molecule has 0 aromatic rings. The van der Waals surface area contributed by atoms with Gasteiger partial charge >= 0.3 is 23.0 Å². The second-order valence-electron chi connectivity index (χ2n) is 2.72. The number of ether oxygens (including phenoxy) is 1. The van der Waals surface area contributed by atoms with Crippen molar-refractivity contribution < 1.29 is 64.5 Å². The Morgan fingerprint density at radius 1 is 1.44 bits per heavy atom. The molecule has 0 bridgehead atoms. The van der Waals surface area contributed by atoms with Crippen LogP contribution in [0.4, 0.5) is 0 Å². The van der Waals surface area contributed by atoms with Crippen molar-refractivity contribution in [3.8, 4) is 0 Å². The van der Waals surface area contributed by atoms with Crippen LogP contribution in [0.3, 0.4) is 0 Å². The molecule has 18 heavy (non-hydrogen) atoms. The topological polar surface area (TPSA) is 187 Å². The van der Waals surface area contributed by atoms with E-state index in [0.717, 1.165) is 0 Å². The Morgan fingerprint density at radius 3 is 2.06 bits per heavy atom. The quantitative estimate of drug-likeness (QED) is 0.171. The Hall–Kier alpha value is -0.881. The van der Waals surface area contributed by atoms with E-state index in [1.54, 1.807) is 0 Å². The molecule has 1 aliphatic heterocycles. The largest absolute Gasteiger partial charge is 2.00 e. The van der Waals surface area contributed by atoms with E-state index in [-0.39, 0.29) is 17.1 Å². The number of carbonyl (C=O) groups is 1. The van der Waals surface area contributed by atoms with E-state index in [9.17, 15) is 9.90 Å². The average Bonchev–Trinajstić information content (AvgIpc) is 2.42. The van der Waals surface area contributed by atoms with Crippen molar-refractivity contribution in [1.82, 2.24) is 0 Å². The van der Waals surface area contributed by atoms with E-state index < -0.39 is 46.7 Å². The number of hydrogen-bond acceptors (Lipinski definition) is 9. The SMILES string of the molecule is O=C1O[C@H]([C@@H](O)CO)C(O)=C1[O-].O=S(=O)([O-])O.[Fe+2]. The van der Waals surface area contributed by atoms with Crippen LogP contribution in [0.2, 0.25) is 0 Å². The van der Waals surface area contributed by atoms with Gasteiger partial charge in [-0.05, 0) is 0 Å². The van der Waals surface area contributed by atoms with Crippen molar-refractivity contribution in [3.63, 3.8) is 0 Å².